The number of amides is 2. The smallest absolute Gasteiger partial charge is 0.242 e. The number of halogens is 1. The van der Waals surface area contributed by atoms with Crippen molar-refractivity contribution in [2.24, 2.45) is 5.41 Å². The standard InChI is InChI=1S/C17H23FN2O3/c1-17(2,3)14(10-23-13-7-5-4-6-11(13)18)20-16(22)12-8-9-15(21)19-12/h4-7,12,14H,8-10H2,1-3H3,(H,19,21)(H,20,22)/t12-,14+/m1/s1. The molecule has 1 heterocycles. The molecule has 1 aromatic carbocycles. The third-order valence-corrected chi connectivity index (χ3v) is 3.92. The summed E-state index contributed by atoms with van der Waals surface area (Å²) in [4.78, 5) is 23.5. The predicted octanol–water partition coefficient (Wildman–Crippen LogP) is 2.01. The van der Waals surface area contributed by atoms with Crippen LogP contribution in [0.5, 0.6) is 5.75 Å². The van der Waals surface area contributed by atoms with E-state index >= 15 is 0 Å². The van der Waals surface area contributed by atoms with Gasteiger partial charge >= 0.3 is 0 Å². The second-order valence-corrected chi connectivity index (χ2v) is 6.83. The van der Waals surface area contributed by atoms with Crippen LogP contribution in [0.2, 0.25) is 0 Å². The third kappa shape index (κ3) is 4.68. The van der Waals surface area contributed by atoms with E-state index in [0.29, 0.717) is 12.8 Å². The van der Waals surface area contributed by atoms with Crippen molar-refractivity contribution >= 4 is 11.8 Å². The van der Waals surface area contributed by atoms with Crippen molar-refractivity contribution in [2.75, 3.05) is 6.61 Å². The van der Waals surface area contributed by atoms with Gasteiger partial charge in [0.25, 0.3) is 0 Å². The number of hydrogen-bond acceptors (Lipinski definition) is 3. The fraction of sp³-hybridized carbons (Fsp3) is 0.529. The van der Waals surface area contributed by atoms with Crippen molar-refractivity contribution in [3.8, 4) is 5.75 Å². The largest absolute Gasteiger partial charge is 0.488 e. The van der Waals surface area contributed by atoms with Gasteiger partial charge in [0.15, 0.2) is 11.6 Å². The van der Waals surface area contributed by atoms with Crippen LogP contribution in [0.25, 0.3) is 0 Å². The highest BCUT2D eigenvalue weighted by molar-refractivity contribution is 5.90. The lowest BCUT2D eigenvalue weighted by Crippen LogP contribution is -2.52. The third-order valence-electron chi connectivity index (χ3n) is 3.92. The molecule has 0 aliphatic carbocycles. The SMILES string of the molecule is CC(C)(C)[C@H](COc1ccccc1F)NC(=O)[C@H]1CCC(=O)N1. The molecule has 2 atom stereocenters. The van der Waals surface area contributed by atoms with Crippen LogP contribution in [0.1, 0.15) is 33.6 Å². The summed E-state index contributed by atoms with van der Waals surface area (Å²) in [6.45, 7) is 6.05. The number of carbonyl (C=O) groups is 2. The number of carbonyl (C=O) groups excluding carboxylic acids is 2. The van der Waals surface area contributed by atoms with Gasteiger partial charge in [0.1, 0.15) is 12.6 Å². The summed E-state index contributed by atoms with van der Waals surface area (Å²) in [5, 5.41) is 5.55. The molecule has 2 rings (SSSR count). The lowest BCUT2D eigenvalue weighted by atomic mass is 9.87. The highest BCUT2D eigenvalue weighted by Crippen LogP contribution is 2.22. The van der Waals surface area contributed by atoms with Gasteiger partial charge in [-0.1, -0.05) is 32.9 Å². The van der Waals surface area contributed by atoms with Gasteiger partial charge in [-0.05, 0) is 24.0 Å². The Kier molecular flexibility index (Phi) is 5.23. The second kappa shape index (κ2) is 6.98. The molecule has 0 bridgehead atoms. The van der Waals surface area contributed by atoms with Gasteiger partial charge in [-0.25, -0.2) is 4.39 Å². The van der Waals surface area contributed by atoms with Crippen LogP contribution >= 0.6 is 0 Å². The van der Waals surface area contributed by atoms with E-state index in [1.165, 1.54) is 6.07 Å². The van der Waals surface area contributed by atoms with Gasteiger partial charge in [0.05, 0.1) is 6.04 Å². The number of rotatable bonds is 5. The summed E-state index contributed by atoms with van der Waals surface area (Å²) in [5.41, 5.74) is -0.274. The maximum atomic E-state index is 13.6. The Morgan fingerprint density at radius 1 is 1.43 bits per heavy atom. The van der Waals surface area contributed by atoms with Crippen molar-refractivity contribution in [3.63, 3.8) is 0 Å². The first-order valence-electron chi connectivity index (χ1n) is 7.74. The molecule has 5 nitrogen and oxygen atoms in total. The Balaban J connectivity index is 1.99. The Labute approximate surface area is 135 Å². The fourth-order valence-corrected chi connectivity index (χ4v) is 2.33. The van der Waals surface area contributed by atoms with Gasteiger partial charge in [-0.3, -0.25) is 9.59 Å². The summed E-state index contributed by atoms with van der Waals surface area (Å²) < 4.78 is 19.2. The number of ether oxygens (including phenoxy) is 1. The molecule has 1 fully saturated rings. The molecule has 0 unspecified atom stereocenters. The summed E-state index contributed by atoms with van der Waals surface area (Å²) in [7, 11) is 0. The minimum Gasteiger partial charge on any atom is -0.488 e. The lowest BCUT2D eigenvalue weighted by molar-refractivity contribution is -0.127. The summed E-state index contributed by atoms with van der Waals surface area (Å²) in [6, 6.07) is 5.35. The molecule has 6 heteroatoms. The van der Waals surface area contributed by atoms with Gasteiger partial charge in [0.2, 0.25) is 11.8 Å². The normalized spacial score (nSPS) is 19.1. The highest BCUT2D eigenvalue weighted by Gasteiger charge is 2.32. The van der Waals surface area contributed by atoms with E-state index in [-0.39, 0.29) is 35.6 Å². The highest BCUT2D eigenvalue weighted by atomic mass is 19.1. The van der Waals surface area contributed by atoms with E-state index in [1.807, 2.05) is 20.8 Å². The van der Waals surface area contributed by atoms with E-state index in [9.17, 15) is 14.0 Å². The quantitative estimate of drug-likeness (QED) is 0.871. The maximum absolute atomic E-state index is 13.6. The van der Waals surface area contributed by atoms with Crippen LogP contribution in [0.15, 0.2) is 24.3 Å². The molecule has 1 aromatic rings. The minimum absolute atomic E-state index is 0.111. The summed E-state index contributed by atoms with van der Waals surface area (Å²) in [6.07, 6.45) is 0.861. The van der Waals surface area contributed by atoms with E-state index in [0.717, 1.165) is 0 Å². The van der Waals surface area contributed by atoms with Crippen LogP contribution in [-0.2, 0) is 9.59 Å². The Bertz CT molecular complexity index is 583. The van der Waals surface area contributed by atoms with Gasteiger partial charge in [-0.2, -0.15) is 0 Å². The Morgan fingerprint density at radius 2 is 2.13 bits per heavy atom. The maximum Gasteiger partial charge on any atom is 0.242 e. The molecule has 1 saturated heterocycles. The molecule has 1 aliphatic rings. The van der Waals surface area contributed by atoms with E-state index in [4.69, 9.17) is 4.74 Å². The predicted molar refractivity (Wildman–Crippen MR) is 84.4 cm³/mol. The topological polar surface area (TPSA) is 67.4 Å². The Hall–Kier alpha value is -2.11. The second-order valence-electron chi connectivity index (χ2n) is 6.83. The van der Waals surface area contributed by atoms with Crippen molar-refractivity contribution in [3.05, 3.63) is 30.1 Å². The fourth-order valence-electron chi connectivity index (χ4n) is 2.33. The van der Waals surface area contributed by atoms with Crippen LogP contribution in [-0.4, -0.2) is 30.5 Å². The van der Waals surface area contributed by atoms with Gasteiger partial charge in [0, 0.05) is 6.42 Å². The number of para-hydroxylation sites is 1. The van der Waals surface area contributed by atoms with Crippen LogP contribution in [0.3, 0.4) is 0 Å². The van der Waals surface area contributed by atoms with Crippen molar-refractivity contribution < 1.29 is 18.7 Å². The average molecular weight is 322 g/mol. The first kappa shape index (κ1) is 17.2. The molecule has 0 saturated carbocycles. The van der Waals surface area contributed by atoms with Crippen molar-refractivity contribution in [1.29, 1.82) is 0 Å². The van der Waals surface area contributed by atoms with Crippen LogP contribution in [0.4, 0.5) is 4.39 Å². The lowest BCUT2D eigenvalue weighted by Gasteiger charge is -2.32. The van der Waals surface area contributed by atoms with Crippen molar-refractivity contribution in [2.45, 2.75) is 45.7 Å². The molecule has 0 spiro atoms. The monoisotopic (exact) mass is 322 g/mol. The summed E-state index contributed by atoms with van der Waals surface area (Å²) in [5.74, 6) is -0.618. The number of benzene rings is 1. The molecule has 2 amide bonds. The van der Waals surface area contributed by atoms with Crippen LogP contribution < -0.4 is 15.4 Å². The molecule has 23 heavy (non-hydrogen) atoms. The van der Waals surface area contributed by atoms with Crippen LogP contribution in [0, 0.1) is 11.2 Å². The summed E-state index contributed by atoms with van der Waals surface area (Å²) >= 11 is 0. The van der Waals surface area contributed by atoms with E-state index in [1.54, 1.807) is 18.2 Å². The number of nitrogens with one attached hydrogen (secondary N) is 2. The zero-order valence-corrected chi connectivity index (χ0v) is 13.7. The Morgan fingerprint density at radius 3 is 2.70 bits per heavy atom. The molecule has 0 radical (unpaired) electrons. The first-order valence-corrected chi connectivity index (χ1v) is 7.74. The minimum atomic E-state index is -0.499. The van der Waals surface area contributed by atoms with Crippen molar-refractivity contribution in [1.82, 2.24) is 10.6 Å². The molecule has 126 valence electrons. The van der Waals surface area contributed by atoms with E-state index < -0.39 is 11.9 Å². The molecule has 2 N–H and O–H groups in total. The molecular formula is C17H23FN2O3. The van der Waals surface area contributed by atoms with Gasteiger partial charge in [-0.15, -0.1) is 0 Å². The molecule has 1 aliphatic heterocycles. The average Bonchev–Trinajstić information content (AvgIpc) is 2.90. The zero-order valence-electron chi connectivity index (χ0n) is 13.7. The first-order chi connectivity index (χ1) is 10.8. The van der Waals surface area contributed by atoms with Gasteiger partial charge < -0.3 is 15.4 Å². The van der Waals surface area contributed by atoms with E-state index in [2.05, 4.69) is 10.6 Å². The molecular weight excluding hydrogens is 299 g/mol. The zero-order chi connectivity index (χ0) is 17.0. The molecule has 0 aromatic heterocycles. The number of hydrogen-bond donors (Lipinski definition) is 2.